The van der Waals surface area contributed by atoms with Gasteiger partial charge in [0, 0.05) is 37.8 Å². The number of alkyl halides is 3. The van der Waals surface area contributed by atoms with E-state index in [-0.39, 0.29) is 50.0 Å². The molecule has 16 heteroatoms. The van der Waals surface area contributed by atoms with Gasteiger partial charge in [0.2, 0.25) is 11.8 Å². The molecule has 0 spiro atoms. The zero-order valence-corrected chi connectivity index (χ0v) is 25.1. The van der Waals surface area contributed by atoms with Crippen LogP contribution in [0.2, 0.25) is 0 Å². The molecule has 0 radical (unpaired) electrons. The van der Waals surface area contributed by atoms with Crippen LogP contribution in [-0.4, -0.2) is 92.0 Å². The van der Waals surface area contributed by atoms with Gasteiger partial charge in [0.05, 0.1) is 12.3 Å². The topological polar surface area (TPSA) is 165 Å². The summed E-state index contributed by atoms with van der Waals surface area (Å²) < 4.78 is 53.9. The third-order valence-corrected chi connectivity index (χ3v) is 8.00. The van der Waals surface area contributed by atoms with Crippen molar-refractivity contribution in [1.29, 1.82) is 0 Å². The van der Waals surface area contributed by atoms with Crippen molar-refractivity contribution in [3.8, 4) is 0 Å². The van der Waals surface area contributed by atoms with E-state index in [1.54, 1.807) is 18.2 Å². The summed E-state index contributed by atoms with van der Waals surface area (Å²) in [6.07, 6.45) is -4.90. The molecule has 2 atom stereocenters. The fourth-order valence-corrected chi connectivity index (χ4v) is 5.69. The molecule has 4 rings (SSSR count). The van der Waals surface area contributed by atoms with E-state index in [4.69, 9.17) is 0 Å². The number of carbonyl (C=O) groups is 4. The van der Waals surface area contributed by atoms with Gasteiger partial charge in [-0.3, -0.25) is 19.4 Å². The third kappa shape index (κ3) is 7.78. The van der Waals surface area contributed by atoms with Gasteiger partial charge in [-0.1, -0.05) is 12.1 Å². The van der Waals surface area contributed by atoms with E-state index >= 15 is 0 Å². The highest BCUT2D eigenvalue weighted by atomic mass is 19.4. The number of carbonyl (C=O) groups excluding carboxylic acids is 3. The molecule has 1 saturated heterocycles. The largest absolute Gasteiger partial charge is 0.465 e. The number of hydrogen-bond acceptors (Lipinski definition) is 7. The van der Waals surface area contributed by atoms with Gasteiger partial charge in [0.1, 0.15) is 29.4 Å². The molecule has 2 aliphatic heterocycles. The minimum absolute atomic E-state index is 0.0297. The number of likely N-dealkylation sites (tertiary alicyclic amines) is 1. The molecule has 0 saturated carbocycles. The number of piperidine rings is 1. The fourth-order valence-electron chi connectivity index (χ4n) is 5.69. The molecule has 1 aromatic heterocycles. The van der Waals surface area contributed by atoms with Gasteiger partial charge in [0.15, 0.2) is 0 Å². The van der Waals surface area contributed by atoms with E-state index in [2.05, 4.69) is 20.7 Å². The number of aliphatic hydroxyl groups excluding tert-OH is 1. The smallest absolute Gasteiger partial charge is 0.408 e. The molecule has 12 nitrogen and oxygen atoms in total. The maximum atomic E-state index is 14.1. The molecule has 46 heavy (non-hydrogen) atoms. The van der Waals surface area contributed by atoms with Gasteiger partial charge in [0.25, 0.3) is 5.91 Å². The first-order valence-corrected chi connectivity index (χ1v) is 14.4. The molecular formula is C30H34F4N6O6. The quantitative estimate of drug-likeness (QED) is 0.271. The van der Waals surface area contributed by atoms with Gasteiger partial charge in [-0.25, -0.2) is 14.2 Å². The van der Waals surface area contributed by atoms with Crippen molar-refractivity contribution in [2.45, 2.75) is 63.9 Å². The molecule has 4 N–H and O–H groups in total. The molecule has 0 aliphatic carbocycles. The van der Waals surface area contributed by atoms with Crippen molar-refractivity contribution in [1.82, 2.24) is 25.5 Å². The van der Waals surface area contributed by atoms with Gasteiger partial charge in [-0.15, -0.1) is 0 Å². The zero-order chi connectivity index (χ0) is 33.9. The number of hydrogen-bond donors (Lipinski definition) is 4. The summed E-state index contributed by atoms with van der Waals surface area (Å²) in [6.45, 7) is 0.1000. The molecule has 3 heterocycles. The number of hydrazone groups is 1. The van der Waals surface area contributed by atoms with Crippen molar-refractivity contribution in [2.75, 3.05) is 19.6 Å². The predicted octanol–water partition coefficient (Wildman–Crippen LogP) is 2.40. The zero-order valence-electron chi connectivity index (χ0n) is 25.1. The molecule has 1 fully saturated rings. The summed E-state index contributed by atoms with van der Waals surface area (Å²) >= 11 is 0. The number of benzene rings is 1. The van der Waals surface area contributed by atoms with Crippen LogP contribution in [0.3, 0.4) is 0 Å². The highest BCUT2D eigenvalue weighted by molar-refractivity contribution is 6.14. The lowest BCUT2D eigenvalue weighted by atomic mass is 9.74. The SMILES string of the molecule is CC(C)(NC(=O)O)C(=O)NC(CCc1ccc(F)cc1CO)C(=O)N1CCC2=NN(CC(F)(F)F)C(=O)[C@]2(Cc2ccccn2)C1. The van der Waals surface area contributed by atoms with E-state index in [0.29, 0.717) is 16.3 Å². The number of aromatic nitrogens is 1. The van der Waals surface area contributed by atoms with Crippen molar-refractivity contribution < 1.29 is 47.0 Å². The highest BCUT2D eigenvalue weighted by Gasteiger charge is 2.56. The normalized spacial score (nSPS) is 18.9. The van der Waals surface area contributed by atoms with Crippen LogP contribution in [-0.2, 0) is 33.8 Å². The van der Waals surface area contributed by atoms with Crippen LogP contribution in [0.4, 0.5) is 22.4 Å². The van der Waals surface area contributed by atoms with Crippen LogP contribution in [0.15, 0.2) is 47.7 Å². The van der Waals surface area contributed by atoms with Crippen molar-refractivity contribution in [3.63, 3.8) is 0 Å². The number of aryl methyl sites for hydroxylation is 1. The van der Waals surface area contributed by atoms with Crippen molar-refractivity contribution in [3.05, 3.63) is 65.2 Å². The average molecular weight is 651 g/mol. The first-order chi connectivity index (χ1) is 21.5. The van der Waals surface area contributed by atoms with E-state index in [9.17, 15) is 47.0 Å². The number of nitrogens with zero attached hydrogens (tertiary/aromatic N) is 4. The average Bonchev–Trinajstić information content (AvgIpc) is 3.23. The molecular weight excluding hydrogens is 616 g/mol. The Morgan fingerprint density at radius 1 is 1.13 bits per heavy atom. The number of aliphatic hydroxyl groups is 1. The fraction of sp³-hybridized carbons (Fsp3) is 0.467. The van der Waals surface area contributed by atoms with Crippen LogP contribution >= 0.6 is 0 Å². The van der Waals surface area contributed by atoms with Crippen molar-refractivity contribution >= 4 is 29.5 Å². The standard InChI is InChI=1S/C30H34F4N6O6/c1-28(2,37-27(45)46)25(43)36-22(9-7-18-6-8-20(31)13-19(18)15-41)24(42)39-12-10-23-29(16-39,14-21-5-3-4-11-35-21)26(44)40(38-23)17-30(32,33)34/h3-6,8,11,13,22,37,41H,7,9-10,12,14-17H2,1-2H3,(H,36,43)(H,45,46)/t22?,29-/m1/s1. The van der Waals surface area contributed by atoms with Gasteiger partial charge >= 0.3 is 12.3 Å². The Balaban J connectivity index is 1.65. The summed E-state index contributed by atoms with van der Waals surface area (Å²) in [4.78, 5) is 57.8. The molecule has 2 aromatic rings. The second-order valence-electron chi connectivity index (χ2n) is 11.8. The summed E-state index contributed by atoms with van der Waals surface area (Å²) in [6, 6.07) is 7.34. The van der Waals surface area contributed by atoms with Crippen LogP contribution < -0.4 is 10.6 Å². The molecule has 1 unspecified atom stereocenters. The Kier molecular flexibility index (Phi) is 9.99. The number of fused-ring (bicyclic) bond motifs is 1. The monoisotopic (exact) mass is 650 g/mol. The first-order valence-electron chi connectivity index (χ1n) is 14.4. The second kappa shape index (κ2) is 13.4. The minimum atomic E-state index is -4.73. The Morgan fingerprint density at radius 2 is 1.87 bits per heavy atom. The summed E-state index contributed by atoms with van der Waals surface area (Å²) in [5.74, 6) is -3.03. The van der Waals surface area contributed by atoms with E-state index in [1.165, 1.54) is 37.1 Å². The van der Waals surface area contributed by atoms with Gasteiger partial charge < -0.3 is 25.7 Å². The number of pyridine rings is 1. The maximum Gasteiger partial charge on any atom is 0.408 e. The molecule has 2 aliphatic rings. The van der Waals surface area contributed by atoms with E-state index in [0.717, 1.165) is 6.07 Å². The van der Waals surface area contributed by atoms with Crippen LogP contribution in [0, 0.1) is 11.2 Å². The number of nitrogens with one attached hydrogen (secondary N) is 2. The van der Waals surface area contributed by atoms with E-state index < -0.39 is 66.0 Å². The Morgan fingerprint density at radius 3 is 2.50 bits per heavy atom. The van der Waals surface area contributed by atoms with Crippen LogP contribution in [0.5, 0.6) is 0 Å². The van der Waals surface area contributed by atoms with Crippen LogP contribution in [0.1, 0.15) is 43.5 Å². The Labute approximate surface area is 261 Å². The van der Waals surface area contributed by atoms with Gasteiger partial charge in [-0.2, -0.15) is 18.3 Å². The Hall–Kier alpha value is -4.60. The van der Waals surface area contributed by atoms with Gasteiger partial charge in [-0.05, 0) is 62.1 Å². The lowest BCUT2D eigenvalue weighted by molar-refractivity contribution is -0.164. The molecule has 4 amide bonds. The first kappa shape index (κ1) is 34.3. The Bertz CT molecular complexity index is 1520. The number of carboxylic acid groups (broad SMARTS) is 1. The van der Waals surface area contributed by atoms with Crippen LogP contribution in [0.25, 0.3) is 0 Å². The third-order valence-electron chi connectivity index (χ3n) is 8.00. The predicted molar refractivity (Wildman–Crippen MR) is 155 cm³/mol. The molecule has 248 valence electrons. The van der Waals surface area contributed by atoms with Crippen molar-refractivity contribution in [2.24, 2.45) is 10.5 Å². The number of rotatable bonds is 11. The minimum Gasteiger partial charge on any atom is -0.465 e. The molecule has 0 bridgehead atoms. The molecule has 1 aromatic carbocycles. The summed E-state index contributed by atoms with van der Waals surface area (Å²) in [7, 11) is 0. The summed E-state index contributed by atoms with van der Waals surface area (Å²) in [5.41, 5.74) is -1.98. The lowest BCUT2D eigenvalue weighted by Crippen LogP contribution is -2.62. The highest BCUT2D eigenvalue weighted by Crippen LogP contribution is 2.39. The summed E-state index contributed by atoms with van der Waals surface area (Å²) in [5, 5.41) is 27.9. The van der Waals surface area contributed by atoms with E-state index in [1.807, 2.05) is 0 Å². The number of halogens is 4. The maximum absolute atomic E-state index is 14.1. The number of amides is 4. The lowest BCUT2D eigenvalue weighted by Gasteiger charge is -2.41. The second-order valence-corrected chi connectivity index (χ2v) is 11.8.